The van der Waals surface area contributed by atoms with Gasteiger partial charge < -0.3 is 10.1 Å². The Hall–Kier alpha value is -1.31. The fourth-order valence-electron chi connectivity index (χ4n) is 1.81. The third-order valence-corrected chi connectivity index (χ3v) is 4.38. The number of esters is 1. The van der Waals surface area contributed by atoms with Crippen molar-refractivity contribution in [1.82, 2.24) is 5.32 Å². The topological polar surface area (TPSA) is 121 Å². The van der Waals surface area contributed by atoms with Gasteiger partial charge in [-0.2, -0.15) is 0 Å². The lowest BCUT2D eigenvalue weighted by Crippen LogP contribution is -2.54. The molecule has 17 heavy (non-hydrogen) atoms. The lowest BCUT2D eigenvalue weighted by Gasteiger charge is -2.25. The van der Waals surface area contributed by atoms with E-state index in [2.05, 4.69) is 20.1 Å². The molecule has 0 saturated carbocycles. The molecule has 9 heteroatoms. The molecule has 1 rings (SSSR count). The van der Waals surface area contributed by atoms with Crippen LogP contribution in [-0.2, 0) is 19.4 Å². The van der Waals surface area contributed by atoms with E-state index in [1.54, 1.807) is 0 Å². The summed E-state index contributed by atoms with van der Waals surface area (Å²) in [5, 5.41) is 6.12. The molecule has 0 bridgehead atoms. The smallest absolute Gasteiger partial charge is 0.327 e. The molecule has 0 aromatic heterocycles. The number of sulfone groups is 1. The summed E-state index contributed by atoms with van der Waals surface area (Å²) in [6.45, 7) is 0.379. The summed E-state index contributed by atoms with van der Waals surface area (Å²) in [5.74, 6) is -0.918. The number of nitrogens with zero attached hydrogens (tertiary/aromatic N) is 3. The van der Waals surface area contributed by atoms with Gasteiger partial charge in [0.05, 0.1) is 18.6 Å². The average Bonchev–Trinajstić information content (AvgIpc) is 2.61. The van der Waals surface area contributed by atoms with Crippen molar-refractivity contribution in [1.29, 1.82) is 0 Å². The standard InChI is InChI=1S/C8H14N4O4S/c1-16-7(13)8(10-3-4-11-12-9)2-5-17(14,15)6-8/h10H,2-6H2,1H3. The van der Waals surface area contributed by atoms with Gasteiger partial charge in [-0.3, -0.25) is 4.79 Å². The lowest BCUT2D eigenvalue weighted by molar-refractivity contribution is -0.147. The first-order valence-corrected chi connectivity index (χ1v) is 6.83. The molecule has 1 unspecified atom stereocenters. The van der Waals surface area contributed by atoms with Gasteiger partial charge in [-0.05, 0) is 12.0 Å². The van der Waals surface area contributed by atoms with Gasteiger partial charge in [0.1, 0.15) is 5.54 Å². The Labute approximate surface area is 98.9 Å². The fraction of sp³-hybridized carbons (Fsp3) is 0.875. The van der Waals surface area contributed by atoms with E-state index in [1.165, 1.54) is 7.11 Å². The van der Waals surface area contributed by atoms with Gasteiger partial charge in [-0.25, -0.2) is 8.42 Å². The summed E-state index contributed by atoms with van der Waals surface area (Å²) in [5.41, 5.74) is 6.91. The Morgan fingerprint density at radius 2 is 2.35 bits per heavy atom. The van der Waals surface area contributed by atoms with Gasteiger partial charge in [0, 0.05) is 18.0 Å². The Bertz CT molecular complexity index is 442. The molecule has 0 aliphatic carbocycles. The number of azide groups is 1. The number of rotatable bonds is 5. The highest BCUT2D eigenvalue weighted by Crippen LogP contribution is 2.24. The van der Waals surface area contributed by atoms with Crippen molar-refractivity contribution in [3.63, 3.8) is 0 Å². The quantitative estimate of drug-likeness (QED) is 0.238. The second-order valence-electron chi connectivity index (χ2n) is 3.80. The molecule has 96 valence electrons. The number of hydrogen-bond acceptors (Lipinski definition) is 6. The summed E-state index contributed by atoms with van der Waals surface area (Å²) in [7, 11) is -2.01. The highest BCUT2D eigenvalue weighted by Gasteiger charge is 2.48. The van der Waals surface area contributed by atoms with Crippen LogP contribution in [0.2, 0.25) is 0 Å². The number of hydrogen-bond donors (Lipinski definition) is 1. The second-order valence-corrected chi connectivity index (χ2v) is 5.98. The normalized spacial score (nSPS) is 26.2. The number of carbonyl (C=O) groups excluding carboxylic acids is 1. The Kier molecular flexibility index (Phi) is 4.33. The van der Waals surface area contributed by atoms with Crippen LogP contribution in [0, 0.1) is 0 Å². The molecule has 0 spiro atoms. The number of nitrogens with one attached hydrogen (secondary N) is 1. The van der Waals surface area contributed by atoms with Gasteiger partial charge >= 0.3 is 5.97 Å². The SMILES string of the molecule is COC(=O)C1(NCCN=[N+]=[N-])CCS(=O)(=O)C1. The zero-order valence-corrected chi connectivity index (χ0v) is 10.2. The van der Waals surface area contributed by atoms with Crippen molar-refractivity contribution in [3.05, 3.63) is 10.4 Å². The van der Waals surface area contributed by atoms with Crippen molar-refractivity contribution in [3.8, 4) is 0 Å². The highest BCUT2D eigenvalue weighted by molar-refractivity contribution is 7.91. The molecule has 0 amide bonds. The molecule has 1 aliphatic heterocycles. The van der Waals surface area contributed by atoms with Crippen LogP contribution in [0.5, 0.6) is 0 Å². The summed E-state index contributed by atoms with van der Waals surface area (Å²) in [6, 6.07) is 0. The Morgan fingerprint density at radius 3 is 2.82 bits per heavy atom. The lowest BCUT2D eigenvalue weighted by atomic mass is 9.99. The Balaban J connectivity index is 2.75. The van der Waals surface area contributed by atoms with E-state index in [0.717, 1.165) is 0 Å². The van der Waals surface area contributed by atoms with Crippen LogP contribution < -0.4 is 5.32 Å². The van der Waals surface area contributed by atoms with Crippen molar-refractivity contribution in [2.24, 2.45) is 5.11 Å². The fourth-order valence-corrected chi connectivity index (χ4v) is 3.73. The van der Waals surface area contributed by atoms with Crippen LogP contribution in [0.4, 0.5) is 0 Å². The average molecular weight is 262 g/mol. The first-order valence-electron chi connectivity index (χ1n) is 5.00. The van der Waals surface area contributed by atoms with Gasteiger partial charge in [-0.15, -0.1) is 0 Å². The van der Waals surface area contributed by atoms with Crippen LogP contribution in [0.15, 0.2) is 5.11 Å². The first-order chi connectivity index (χ1) is 7.96. The number of methoxy groups -OCH3 is 1. The zero-order valence-electron chi connectivity index (χ0n) is 9.42. The molecular weight excluding hydrogens is 248 g/mol. The highest BCUT2D eigenvalue weighted by atomic mass is 32.2. The molecular formula is C8H14N4O4S. The van der Waals surface area contributed by atoms with Crippen molar-refractivity contribution in [2.45, 2.75) is 12.0 Å². The van der Waals surface area contributed by atoms with Gasteiger partial charge in [0.2, 0.25) is 0 Å². The molecule has 0 aromatic carbocycles. The van der Waals surface area contributed by atoms with E-state index in [9.17, 15) is 13.2 Å². The van der Waals surface area contributed by atoms with Crippen LogP contribution in [-0.4, -0.2) is 51.6 Å². The molecule has 1 N–H and O–H groups in total. The minimum Gasteiger partial charge on any atom is -0.468 e. The van der Waals surface area contributed by atoms with Gasteiger partial charge in [0.15, 0.2) is 9.84 Å². The monoisotopic (exact) mass is 262 g/mol. The molecule has 0 aromatic rings. The van der Waals surface area contributed by atoms with Gasteiger partial charge in [-0.1, -0.05) is 5.11 Å². The second kappa shape index (κ2) is 5.35. The summed E-state index contributed by atoms with van der Waals surface area (Å²) in [4.78, 5) is 14.2. The largest absolute Gasteiger partial charge is 0.468 e. The number of ether oxygens (including phenoxy) is 1. The summed E-state index contributed by atoms with van der Waals surface area (Å²) in [6.07, 6.45) is 0.179. The predicted octanol–water partition coefficient (Wildman–Crippen LogP) is -0.383. The van der Waals surface area contributed by atoms with Crippen molar-refractivity contribution >= 4 is 15.8 Å². The first kappa shape index (κ1) is 13.8. The molecule has 8 nitrogen and oxygen atoms in total. The van der Waals surface area contributed by atoms with Crippen LogP contribution in [0.1, 0.15) is 6.42 Å². The third kappa shape index (κ3) is 3.32. The van der Waals surface area contributed by atoms with Crippen molar-refractivity contribution in [2.75, 3.05) is 31.7 Å². The molecule has 1 fully saturated rings. The predicted molar refractivity (Wildman–Crippen MR) is 60.0 cm³/mol. The third-order valence-electron chi connectivity index (χ3n) is 2.62. The van der Waals surface area contributed by atoms with Crippen LogP contribution in [0.25, 0.3) is 10.4 Å². The molecule has 1 aliphatic rings. The molecule has 0 radical (unpaired) electrons. The molecule has 1 saturated heterocycles. The maximum Gasteiger partial charge on any atom is 0.327 e. The van der Waals surface area contributed by atoms with E-state index in [-0.39, 0.29) is 31.0 Å². The number of carbonyl (C=O) groups is 1. The zero-order chi connectivity index (χ0) is 12.9. The van der Waals surface area contributed by atoms with E-state index in [4.69, 9.17) is 5.53 Å². The minimum atomic E-state index is -3.22. The Morgan fingerprint density at radius 1 is 1.65 bits per heavy atom. The van der Waals surface area contributed by atoms with Gasteiger partial charge in [0.25, 0.3) is 0 Å². The van der Waals surface area contributed by atoms with E-state index < -0.39 is 21.3 Å². The molecule has 1 atom stereocenters. The van der Waals surface area contributed by atoms with E-state index >= 15 is 0 Å². The maximum absolute atomic E-state index is 11.6. The van der Waals surface area contributed by atoms with Crippen LogP contribution >= 0.6 is 0 Å². The summed E-state index contributed by atoms with van der Waals surface area (Å²) >= 11 is 0. The van der Waals surface area contributed by atoms with Crippen LogP contribution in [0.3, 0.4) is 0 Å². The van der Waals surface area contributed by atoms with E-state index in [1.807, 2.05) is 0 Å². The van der Waals surface area contributed by atoms with Crippen molar-refractivity contribution < 1.29 is 17.9 Å². The molecule has 1 heterocycles. The van der Waals surface area contributed by atoms with E-state index in [0.29, 0.717) is 0 Å². The summed E-state index contributed by atoms with van der Waals surface area (Å²) < 4.78 is 27.5. The minimum absolute atomic E-state index is 0.0450. The maximum atomic E-state index is 11.6.